The Labute approximate surface area is 136 Å². The molecule has 0 bridgehead atoms. The van der Waals surface area contributed by atoms with E-state index in [1.54, 1.807) is 26.2 Å². The maximum atomic E-state index is 12.3. The quantitative estimate of drug-likeness (QED) is 0.773. The van der Waals surface area contributed by atoms with Crippen LogP contribution in [0.4, 0.5) is 4.79 Å². The van der Waals surface area contributed by atoms with E-state index in [-0.39, 0.29) is 35.0 Å². The summed E-state index contributed by atoms with van der Waals surface area (Å²) in [5.41, 5.74) is 0.894. The molecule has 0 heterocycles. The first-order valence-electron chi connectivity index (χ1n) is 6.89. The van der Waals surface area contributed by atoms with E-state index in [1.165, 1.54) is 4.90 Å². The second-order valence-electron chi connectivity index (χ2n) is 5.37. The molecule has 0 spiro atoms. The third-order valence-corrected chi connectivity index (χ3v) is 4.95. The van der Waals surface area contributed by atoms with Gasteiger partial charge in [-0.15, -0.1) is 0 Å². The summed E-state index contributed by atoms with van der Waals surface area (Å²) >= 11 is 5.99. The zero-order valence-electron chi connectivity index (χ0n) is 13.2. The van der Waals surface area contributed by atoms with E-state index >= 15 is 0 Å². The molecular weight excluding hydrogens is 326 g/mol. The maximum Gasteiger partial charge on any atom is 0.316 e. The first kappa shape index (κ1) is 18.7. The molecule has 8 heteroatoms. The Morgan fingerprint density at radius 1 is 1.27 bits per heavy atom. The molecule has 0 aromatic heterocycles. The number of nitrogens with zero attached hydrogens (tertiary/aromatic N) is 1. The van der Waals surface area contributed by atoms with Crippen LogP contribution in [0.2, 0.25) is 5.02 Å². The highest BCUT2D eigenvalue weighted by Crippen LogP contribution is 2.25. The van der Waals surface area contributed by atoms with Gasteiger partial charge in [-0.05, 0) is 23.6 Å². The van der Waals surface area contributed by atoms with E-state index in [0.717, 1.165) is 5.56 Å². The number of carbonyl (C=O) groups excluding carboxylic acids is 1. The summed E-state index contributed by atoms with van der Waals surface area (Å²) < 4.78 is 27.0. The van der Waals surface area contributed by atoms with Crippen LogP contribution < -0.4 is 10.0 Å². The third kappa shape index (κ3) is 5.15. The Bertz CT molecular complexity index is 630. The van der Waals surface area contributed by atoms with Gasteiger partial charge in [0.25, 0.3) is 0 Å². The van der Waals surface area contributed by atoms with Crippen molar-refractivity contribution in [1.82, 2.24) is 14.9 Å². The average Bonchev–Trinajstić information content (AvgIpc) is 2.43. The van der Waals surface area contributed by atoms with Crippen molar-refractivity contribution in [3.05, 3.63) is 28.8 Å². The van der Waals surface area contributed by atoms with Crippen molar-refractivity contribution in [2.24, 2.45) is 0 Å². The van der Waals surface area contributed by atoms with Gasteiger partial charge in [0.15, 0.2) is 0 Å². The van der Waals surface area contributed by atoms with E-state index in [0.29, 0.717) is 0 Å². The number of rotatable bonds is 6. The van der Waals surface area contributed by atoms with Gasteiger partial charge in [-0.3, -0.25) is 0 Å². The summed E-state index contributed by atoms with van der Waals surface area (Å²) in [5, 5.41) is 2.75. The van der Waals surface area contributed by atoms with Gasteiger partial charge in [0, 0.05) is 27.2 Å². The van der Waals surface area contributed by atoms with Crippen molar-refractivity contribution in [1.29, 1.82) is 0 Å². The van der Waals surface area contributed by atoms with E-state index < -0.39 is 10.0 Å². The number of halogens is 1. The van der Waals surface area contributed by atoms with Crippen LogP contribution >= 0.6 is 11.6 Å². The molecule has 2 amide bonds. The first-order chi connectivity index (χ1) is 10.1. The summed E-state index contributed by atoms with van der Waals surface area (Å²) in [7, 11) is -0.496. The van der Waals surface area contributed by atoms with Gasteiger partial charge in [-0.2, -0.15) is 0 Å². The Morgan fingerprint density at radius 2 is 1.91 bits per heavy atom. The van der Waals surface area contributed by atoms with Gasteiger partial charge < -0.3 is 10.2 Å². The molecular formula is C14H22ClN3O3S. The van der Waals surface area contributed by atoms with Crippen LogP contribution in [0.1, 0.15) is 25.3 Å². The molecule has 0 aliphatic carbocycles. The summed E-state index contributed by atoms with van der Waals surface area (Å²) in [5.74, 6) is 0.200. The third-order valence-electron chi connectivity index (χ3n) is 3.01. The molecule has 0 atom stereocenters. The number of urea groups is 1. The minimum Gasteiger partial charge on any atom is -0.337 e. The lowest BCUT2D eigenvalue weighted by molar-refractivity contribution is 0.217. The number of hydrogen-bond acceptors (Lipinski definition) is 3. The Kier molecular flexibility index (Phi) is 6.65. The van der Waals surface area contributed by atoms with Crippen molar-refractivity contribution in [3.63, 3.8) is 0 Å². The van der Waals surface area contributed by atoms with Crippen LogP contribution in [0.3, 0.4) is 0 Å². The lowest BCUT2D eigenvalue weighted by Crippen LogP contribution is -2.39. The number of carbonyl (C=O) groups is 1. The fraction of sp³-hybridized carbons (Fsp3) is 0.500. The van der Waals surface area contributed by atoms with Crippen LogP contribution in [0.5, 0.6) is 0 Å². The highest BCUT2D eigenvalue weighted by atomic mass is 35.5. The van der Waals surface area contributed by atoms with Gasteiger partial charge in [0.1, 0.15) is 4.90 Å². The molecule has 0 radical (unpaired) electrons. The molecule has 0 saturated heterocycles. The van der Waals surface area contributed by atoms with Crippen molar-refractivity contribution in [2.45, 2.75) is 24.7 Å². The van der Waals surface area contributed by atoms with Gasteiger partial charge in [-0.1, -0.05) is 31.5 Å². The molecule has 0 unspecified atom stereocenters. The van der Waals surface area contributed by atoms with Crippen molar-refractivity contribution >= 4 is 27.7 Å². The van der Waals surface area contributed by atoms with Crippen LogP contribution in [-0.4, -0.2) is 46.5 Å². The minimum atomic E-state index is -3.71. The molecule has 22 heavy (non-hydrogen) atoms. The number of hydrogen-bond donors (Lipinski definition) is 2. The molecule has 2 N–H and O–H groups in total. The largest absolute Gasteiger partial charge is 0.337 e. The smallest absolute Gasteiger partial charge is 0.316 e. The molecule has 1 rings (SSSR count). The van der Waals surface area contributed by atoms with Crippen LogP contribution in [0, 0.1) is 0 Å². The molecule has 0 aliphatic heterocycles. The molecule has 1 aromatic rings. The van der Waals surface area contributed by atoms with Crippen LogP contribution in [-0.2, 0) is 10.0 Å². The Balaban J connectivity index is 2.74. The second-order valence-corrected chi connectivity index (χ2v) is 7.51. The topological polar surface area (TPSA) is 78.5 Å². The SMILES string of the molecule is CC(C)c1ccc(Cl)c(S(=O)(=O)NCCNC(=O)N(C)C)c1. The zero-order chi connectivity index (χ0) is 16.9. The van der Waals surface area contributed by atoms with Crippen molar-refractivity contribution < 1.29 is 13.2 Å². The zero-order valence-corrected chi connectivity index (χ0v) is 14.8. The maximum absolute atomic E-state index is 12.3. The van der Waals surface area contributed by atoms with Crippen molar-refractivity contribution in [2.75, 3.05) is 27.2 Å². The fourth-order valence-corrected chi connectivity index (χ4v) is 3.24. The predicted octanol–water partition coefficient (Wildman–Crippen LogP) is 2.01. The van der Waals surface area contributed by atoms with Gasteiger partial charge in [0.05, 0.1) is 5.02 Å². The molecule has 6 nitrogen and oxygen atoms in total. The minimum absolute atomic E-state index is 0.0549. The number of sulfonamides is 1. The highest BCUT2D eigenvalue weighted by molar-refractivity contribution is 7.89. The van der Waals surface area contributed by atoms with Crippen LogP contribution in [0.25, 0.3) is 0 Å². The summed E-state index contributed by atoms with van der Waals surface area (Å²) in [6, 6.07) is 4.69. The van der Waals surface area contributed by atoms with E-state index in [2.05, 4.69) is 10.0 Å². The van der Waals surface area contributed by atoms with E-state index in [9.17, 15) is 13.2 Å². The molecule has 0 saturated carbocycles. The Morgan fingerprint density at radius 3 is 2.45 bits per heavy atom. The number of amides is 2. The van der Waals surface area contributed by atoms with E-state index in [1.807, 2.05) is 19.9 Å². The lowest BCUT2D eigenvalue weighted by Gasteiger charge is -2.14. The normalized spacial score (nSPS) is 11.5. The standard InChI is InChI=1S/C14H22ClN3O3S/c1-10(2)11-5-6-12(15)13(9-11)22(20,21)17-8-7-16-14(19)18(3)4/h5-6,9-10,17H,7-8H2,1-4H3,(H,16,19). The lowest BCUT2D eigenvalue weighted by atomic mass is 10.0. The second kappa shape index (κ2) is 7.80. The summed E-state index contributed by atoms with van der Waals surface area (Å²) in [4.78, 5) is 12.8. The van der Waals surface area contributed by atoms with Crippen LogP contribution in [0.15, 0.2) is 23.1 Å². The molecule has 0 fully saturated rings. The van der Waals surface area contributed by atoms with Gasteiger partial charge in [-0.25, -0.2) is 17.9 Å². The van der Waals surface area contributed by atoms with E-state index in [4.69, 9.17) is 11.6 Å². The van der Waals surface area contributed by atoms with Gasteiger partial charge >= 0.3 is 6.03 Å². The number of benzene rings is 1. The monoisotopic (exact) mass is 347 g/mol. The average molecular weight is 348 g/mol. The highest BCUT2D eigenvalue weighted by Gasteiger charge is 2.18. The summed E-state index contributed by atoms with van der Waals surface area (Å²) in [6.07, 6.45) is 0. The predicted molar refractivity (Wildman–Crippen MR) is 87.8 cm³/mol. The van der Waals surface area contributed by atoms with Crippen molar-refractivity contribution in [3.8, 4) is 0 Å². The fourth-order valence-electron chi connectivity index (χ4n) is 1.68. The first-order valence-corrected chi connectivity index (χ1v) is 8.75. The molecule has 1 aromatic carbocycles. The molecule has 0 aliphatic rings. The number of nitrogens with one attached hydrogen (secondary N) is 2. The Hall–Kier alpha value is -1.31. The summed E-state index contributed by atoms with van der Waals surface area (Å²) in [6.45, 7) is 4.23. The van der Waals surface area contributed by atoms with Gasteiger partial charge in [0.2, 0.25) is 10.0 Å². The molecule has 124 valence electrons.